The summed E-state index contributed by atoms with van der Waals surface area (Å²) in [5.74, 6) is 0.984. The van der Waals surface area contributed by atoms with E-state index in [9.17, 15) is 4.79 Å². The van der Waals surface area contributed by atoms with Crippen LogP contribution in [0.4, 0.5) is 16.4 Å². The van der Waals surface area contributed by atoms with Crippen molar-refractivity contribution in [2.24, 2.45) is 0 Å². The fourth-order valence-corrected chi connectivity index (χ4v) is 1.69. The smallest absolute Gasteiger partial charge is 0.413 e. The number of carbonyl (C=O) groups excluding carboxylic acids is 1. The molecule has 2 N–H and O–H groups in total. The molecule has 0 radical (unpaired) electrons. The lowest BCUT2D eigenvalue weighted by atomic mass is 10.2. The molecule has 22 heavy (non-hydrogen) atoms. The second-order valence-electron chi connectivity index (χ2n) is 5.77. The molecule has 1 heterocycles. The van der Waals surface area contributed by atoms with Crippen LogP contribution in [-0.2, 0) is 11.3 Å². The highest BCUT2D eigenvalue weighted by molar-refractivity contribution is 5.83. The van der Waals surface area contributed by atoms with E-state index in [0.717, 1.165) is 5.56 Å². The number of hydrogen-bond acceptors (Lipinski definition) is 5. The van der Waals surface area contributed by atoms with E-state index in [1.165, 1.54) is 0 Å². The Kier molecular flexibility index (Phi) is 4.93. The molecular weight excluding hydrogens is 280 g/mol. The van der Waals surface area contributed by atoms with E-state index in [2.05, 4.69) is 20.8 Å². The summed E-state index contributed by atoms with van der Waals surface area (Å²) in [6.45, 7) is 6.06. The zero-order chi connectivity index (χ0) is 16.0. The van der Waals surface area contributed by atoms with E-state index in [4.69, 9.17) is 4.74 Å². The molecule has 0 saturated heterocycles. The summed E-state index contributed by atoms with van der Waals surface area (Å²) in [6, 6.07) is 13.4. The molecular formula is C16H20N4O2. The van der Waals surface area contributed by atoms with Crippen LogP contribution in [0.15, 0.2) is 42.5 Å². The highest BCUT2D eigenvalue weighted by Crippen LogP contribution is 2.11. The Bertz CT molecular complexity index is 606. The lowest BCUT2D eigenvalue weighted by Gasteiger charge is -2.19. The first-order valence-electron chi connectivity index (χ1n) is 7.04. The summed E-state index contributed by atoms with van der Waals surface area (Å²) >= 11 is 0. The van der Waals surface area contributed by atoms with Crippen molar-refractivity contribution in [3.63, 3.8) is 0 Å². The minimum absolute atomic E-state index is 0.347. The Balaban J connectivity index is 1.86. The van der Waals surface area contributed by atoms with Gasteiger partial charge >= 0.3 is 6.09 Å². The second-order valence-corrected chi connectivity index (χ2v) is 5.77. The Morgan fingerprint density at radius 1 is 1.05 bits per heavy atom. The number of ether oxygens (including phenoxy) is 1. The Morgan fingerprint density at radius 3 is 2.27 bits per heavy atom. The standard InChI is InChI=1S/C16H20N4O2/c1-16(2,3)22-15(21)18-14-10-9-13(19-20-14)17-11-12-7-5-4-6-8-12/h4-10H,11H2,1-3H3,(H,17,19)(H,18,20,21). The number of anilines is 2. The number of hydrogen-bond donors (Lipinski definition) is 2. The maximum atomic E-state index is 11.6. The normalized spacial score (nSPS) is 10.9. The number of rotatable bonds is 4. The molecule has 0 saturated carbocycles. The average Bonchev–Trinajstić information content (AvgIpc) is 2.45. The van der Waals surface area contributed by atoms with Gasteiger partial charge in [0.25, 0.3) is 0 Å². The van der Waals surface area contributed by atoms with Gasteiger partial charge in [-0.1, -0.05) is 30.3 Å². The predicted molar refractivity (Wildman–Crippen MR) is 85.7 cm³/mol. The third-order valence-corrected chi connectivity index (χ3v) is 2.61. The summed E-state index contributed by atoms with van der Waals surface area (Å²) in [4.78, 5) is 11.6. The Morgan fingerprint density at radius 2 is 1.68 bits per heavy atom. The van der Waals surface area contributed by atoms with Gasteiger partial charge in [-0.3, -0.25) is 5.32 Å². The van der Waals surface area contributed by atoms with E-state index in [0.29, 0.717) is 18.2 Å². The summed E-state index contributed by atoms with van der Waals surface area (Å²) in [5.41, 5.74) is 0.606. The van der Waals surface area contributed by atoms with Gasteiger partial charge in [0.15, 0.2) is 5.82 Å². The van der Waals surface area contributed by atoms with Gasteiger partial charge in [-0.15, -0.1) is 10.2 Å². The Labute approximate surface area is 129 Å². The minimum Gasteiger partial charge on any atom is -0.444 e. The van der Waals surface area contributed by atoms with E-state index in [1.54, 1.807) is 32.9 Å². The van der Waals surface area contributed by atoms with Crippen molar-refractivity contribution < 1.29 is 9.53 Å². The number of benzene rings is 1. The topological polar surface area (TPSA) is 76.1 Å². The van der Waals surface area contributed by atoms with Gasteiger partial charge in [-0.25, -0.2) is 4.79 Å². The zero-order valence-electron chi connectivity index (χ0n) is 13.0. The Hall–Kier alpha value is -2.63. The van der Waals surface area contributed by atoms with Crippen LogP contribution in [0, 0.1) is 0 Å². The molecule has 116 valence electrons. The van der Waals surface area contributed by atoms with Crippen LogP contribution >= 0.6 is 0 Å². The lowest BCUT2D eigenvalue weighted by Crippen LogP contribution is -2.27. The highest BCUT2D eigenvalue weighted by Gasteiger charge is 2.16. The van der Waals surface area contributed by atoms with Gasteiger partial charge in [0.2, 0.25) is 0 Å². The summed E-state index contributed by atoms with van der Waals surface area (Å²) in [5, 5.41) is 13.6. The van der Waals surface area contributed by atoms with E-state index in [-0.39, 0.29) is 0 Å². The predicted octanol–water partition coefficient (Wildman–Crippen LogP) is 3.44. The third-order valence-electron chi connectivity index (χ3n) is 2.61. The van der Waals surface area contributed by atoms with Crippen LogP contribution in [0.2, 0.25) is 0 Å². The molecule has 0 bridgehead atoms. The molecule has 0 aliphatic heterocycles. The molecule has 1 aromatic carbocycles. The molecule has 0 aliphatic carbocycles. The van der Waals surface area contributed by atoms with Crippen LogP contribution in [0.1, 0.15) is 26.3 Å². The number of nitrogens with one attached hydrogen (secondary N) is 2. The number of aromatic nitrogens is 2. The van der Waals surface area contributed by atoms with E-state index < -0.39 is 11.7 Å². The fraction of sp³-hybridized carbons (Fsp3) is 0.312. The minimum atomic E-state index is -0.549. The summed E-state index contributed by atoms with van der Waals surface area (Å²) in [7, 11) is 0. The molecule has 2 aromatic rings. The van der Waals surface area contributed by atoms with Gasteiger partial charge in [0, 0.05) is 6.54 Å². The molecule has 1 aromatic heterocycles. The first kappa shape index (κ1) is 15.8. The van der Waals surface area contributed by atoms with Crippen LogP contribution in [0.25, 0.3) is 0 Å². The monoisotopic (exact) mass is 300 g/mol. The number of nitrogens with zero attached hydrogens (tertiary/aromatic N) is 2. The number of carbonyl (C=O) groups is 1. The molecule has 0 spiro atoms. The highest BCUT2D eigenvalue weighted by atomic mass is 16.6. The molecule has 2 rings (SSSR count). The second kappa shape index (κ2) is 6.89. The van der Waals surface area contributed by atoms with Gasteiger partial charge in [-0.05, 0) is 38.5 Å². The lowest BCUT2D eigenvalue weighted by molar-refractivity contribution is 0.0635. The molecule has 1 amide bonds. The molecule has 0 fully saturated rings. The zero-order valence-corrected chi connectivity index (χ0v) is 13.0. The van der Waals surface area contributed by atoms with Crippen molar-refractivity contribution in [3.8, 4) is 0 Å². The maximum absolute atomic E-state index is 11.6. The van der Waals surface area contributed by atoms with Crippen molar-refractivity contribution in [2.75, 3.05) is 10.6 Å². The first-order valence-corrected chi connectivity index (χ1v) is 7.04. The van der Waals surface area contributed by atoms with Crippen molar-refractivity contribution in [1.29, 1.82) is 0 Å². The molecule has 0 atom stereocenters. The number of amides is 1. The van der Waals surface area contributed by atoms with Gasteiger partial charge in [0.1, 0.15) is 11.4 Å². The molecule has 0 unspecified atom stereocenters. The summed E-state index contributed by atoms with van der Waals surface area (Å²) in [6.07, 6.45) is -0.549. The molecule has 0 aliphatic rings. The van der Waals surface area contributed by atoms with Crippen LogP contribution in [0.5, 0.6) is 0 Å². The van der Waals surface area contributed by atoms with Crippen LogP contribution < -0.4 is 10.6 Å². The third kappa shape index (κ3) is 5.40. The van der Waals surface area contributed by atoms with Crippen molar-refractivity contribution in [1.82, 2.24) is 10.2 Å². The SMILES string of the molecule is CC(C)(C)OC(=O)Nc1ccc(NCc2ccccc2)nn1. The first-order chi connectivity index (χ1) is 10.4. The average molecular weight is 300 g/mol. The van der Waals surface area contributed by atoms with Gasteiger partial charge in [-0.2, -0.15) is 0 Å². The largest absolute Gasteiger partial charge is 0.444 e. The molecule has 6 heteroatoms. The van der Waals surface area contributed by atoms with E-state index in [1.807, 2.05) is 30.3 Å². The fourth-order valence-electron chi connectivity index (χ4n) is 1.69. The molecule has 6 nitrogen and oxygen atoms in total. The van der Waals surface area contributed by atoms with Crippen LogP contribution in [-0.4, -0.2) is 21.9 Å². The van der Waals surface area contributed by atoms with Gasteiger partial charge in [0.05, 0.1) is 0 Å². The van der Waals surface area contributed by atoms with Crippen molar-refractivity contribution in [3.05, 3.63) is 48.0 Å². The quantitative estimate of drug-likeness (QED) is 0.904. The maximum Gasteiger partial charge on any atom is 0.413 e. The van der Waals surface area contributed by atoms with Crippen molar-refractivity contribution in [2.45, 2.75) is 32.9 Å². The van der Waals surface area contributed by atoms with Gasteiger partial charge < -0.3 is 10.1 Å². The van der Waals surface area contributed by atoms with E-state index >= 15 is 0 Å². The summed E-state index contributed by atoms with van der Waals surface area (Å²) < 4.78 is 5.14. The van der Waals surface area contributed by atoms with Crippen molar-refractivity contribution >= 4 is 17.7 Å². The van der Waals surface area contributed by atoms with Crippen LogP contribution in [0.3, 0.4) is 0 Å².